The number of hydrogen-bond acceptors (Lipinski definition) is 4. The lowest BCUT2D eigenvalue weighted by Crippen LogP contribution is -2.05. The van der Waals surface area contributed by atoms with Gasteiger partial charge in [-0.1, -0.05) is 6.07 Å². The molecule has 142 valence electrons. The van der Waals surface area contributed by atoms with Crippen molar-refractivity contribution in [3.63, 3.8) is 0 Å². The highest BCUT2D eigenvalue weighted by atomic mass is 19.4. The number of nitriles is 1. The third-order valence-electron chi connectivity index (χ3n) is 4.73. The van der Waals surface area contributed by atoms with Gasteiger partial charge in [-0.15, -0.1) is 0 Å². The number of halogens is 3. The molecule has 2 N–H and O–H groups in total. The van der Waals surface area contributed by atoms with E-state index in [-0.39, 0.29) is 5.82 Å². The molecule has 1 fully saturated rings. The molecule has 4 rings (SSSR count). The number of nitrogens with two attached hydrogens (primary N) is 1. The Hall–Kier alpha value is -3.34. The fraction of sp³-hybridized carbons (Fsp3) is 0.250. The molecule has 0 spiro atoms. The maximum atomic E-state index is 13.1. The fourth-order valence-electron chi connectivity index (χ4n) is 3.22. The van der Waals surface area contributed by atoms with Crippen LogP contribution >= 0.6 is 0 Å². The summed E-state index contributed by atoms with van der Waals surface area (Å²) in [6.45, 7) is 0. The SMILES string of the molecule is Cn1cc(C(F)(F)F)nc1-c1cc(C#N)ccc1-c1cc(N)nc(C2CC2)c1. The summed E-state index contributed by atoms with van der Waals surface area (Å²) in [5.41, 5.74) is 8.02. The van der Waals surface area contributed by atoms with Crippen molar-refractivity contribution in [3.05, 3.63) is 53.5 Å². The van der Waals surface area contributed by atoms with Crippen LogP contribution in [0.2, 0.25) is 0 Å². The Kier molecular flexibility index (Phi) is 4.11. The van der Waals surface area contributed by atoms with Gasteiger partial charge in [0.15, 0.2) is 5.69 Å². The van der Waals surface area contributed by atoms with Crippen molar-refractivity contribution in [1.29, 1.82) is 5.26 Å². The molecule has 1 aliphatic carbocycles. The normalized spacial score (nSPS) is 14.1. The van der Waals surface area contributed by atoms with Gasteiger partial charge in [0, 0.05) is 30.4 Å². The lowest BCUT2D eigenvalue weighted by Gasteiger charge is -2.12. The molecule has 0 unspecified atom stereocenters. The molecule has 0 amide bonds. The first-order chi connectivity index (χ1) is 13.3. The maximum Gasteiger partial charge on any atom is 0.434 e. The van der Waals surface area contributed by atoms with Crippen LogP contribution in [0.1, 0.15) is 35.7 Å². The van der Waals surface area contributed by atoms with Gasteiger partial charge in [-0.3, -0.25) is 0 Å². The number of aromatic nitrogens is 3. The van der Waals surface area contributed by atoms with Crippen LogP contribution in [0.4, 0.5) is 19.0 Å². The van der Waals surface area contributed by atoms with Crippen LogP contribution in [-0.4, -0.2) is 14.5 Å². The highest BCUT2D eigenvalue weighted by molar-refractivity contribution is 5.83. The second kappa shape index (κ2) is 6.37. The van der Waals surface area contributed by atoms with E-state index in [2.05, 4.69) is 9.97 Å². The molecule has 2 heterocycles. The molecular formula is C20H16F3N5. The topological polar surface area (TPSA) is 80.5 Å². The van der Waals surface area contributed by atoms with E-state index in [4.69, 9.17) is 5.73 Å². The number of hydrogen-bond donors (Lipinski definition) is 1. The fourth-order valence-corrected chi connectivity index (χ4v) is 3.22. The lowest BCUT2D eigenvalue weighted by molar-refractivity contribution is -0.140. The van der Waals surface area contributed by atoms with Gasteiger partial charge in [0.25, 0.3) is 0 Å². The highest BCUT2D eigenvalue weighted by Crippen LogP contribution is 2.42. The smallest absolute Gasteiger partial charge is 0.384 e. The predicted octanol–water partition coefficient (Wildman–Crippen LogP) is 4.50. The predicted molar refractivity (Wildman–Crippen MR) is 98.0 cm³/mol. The third kappa shape index (κ3) is 3.31. The van der Waals surface area contributed by atoms with Crippen molar-refractivity contribution >= 4 is 5.82 Å². The molecule has 8 heteroatoms. The molecule has 0 radical (unpaired) electrons. The Morgan fingerprint density at radius 3 is 2.50 bits per heavy atom. The van der Waals surface area contributed by atoms with Crippen molar-refractivity contribution in [3.8, 4) is 28.6 Å². The van der Waals surface area contributed by atoms with Crippen molar-refractivity contribution in [1.82, 2.24) is 14.5 Å². The Morgan fingerprint density at radius 2 is 1.89 bits per heavy atom. The van der Waals surface area contributed by atoms with Crippen LogP contribution in [0, 0.1) is 11.3 Å². The van der Waals surface area contributed by atoms with E-state index in [1.807, 2.05) is 12.1 Å². The molecule has 0 atom stereocenters. The van der Waals surface area contributed by atoms with Gasteiger partial charge in [0.2, 0.25) is 0 Å². The summed E-state index contributed by atoms with van der Waals surface area (Å²) in [5.74, 6) is 0.849. The summed E-state index contributed by atoms with van der Waals surface area (Å²) in [6, 6.07) is 10.5. The minimum atomic E-state index is -4.55. The second-order valence-electron chi connectivity index (χ2n) is 6.91. The van der Waals surface area contributed by atoms with E-state index < -0.39 is 11.9 Å². The number of rotatable bonds is 3. The maximum absolute atomic E-state index is 13.1. The van der Waals surface area contributed by atoms with Crippen LogP contribution in [0.15, 0.2) is 36.5 Å². The largest absolute Gasteiger partial charge is 0.434 e. The lowest BCUT2D eigenvalue weighted by atomic mass is 9.96. The molecule has 1 saturated carbocycles. The number of alkyl halides is 3. The standard InChI is InChI=1S/C20H16F3N5/c1-28-10-17(20(21,22)23)27-19(28)15-6-11(9-24)2-5-14(15)13-7-16(12-3-4-12)26-18(25)8-13/h2,5-8,10,12H,3-4H2,1H3,(H2,25,26). The number of aryl methyl sites for hydroxylation is 1. The van der Waals surface area contributed by atoms with Gasteiger partial charge in [-0.25, -0.2) is 9.97 Å². The number of anilines is 1. The summed E-state index contributed by atoms with van der Waals surface area (Å²) in [7, 11) is 1.50. The second-order valence-corrected chi connectivity index (χ2v) is 6.91. The minimum absolute atomic E-state index is 0.128. The number of nitrogen functional groups attached to an aromatic ring is 1. The molecule has 0 aliphatic heterocycles. The van der Waals surface area contributed by atoms with Crippen LogP contribution in [0.25, 0.3) is 22.5 Å². The van der Waals surface area contributed by atoms with Crippen molar-refractivity contribution in [2.75, 3.05) is 5.73 Å². The van der Waals surface area contributed by atoms with Crippen LogP contribution in [0.5, 0.6) is 0 Å². The van der Waals surface area contributed by atoms with E-state index >= 15 is 0 Å². The number of nitrogens with zero attached hydrogens (tertiary/aromatic N) is 4. The van der Waals surface area contributed by atoms with Crippen LogP contribution < -0.4 is 5.73 Å². The molecule has 0 bridgehead atoms. The number of pyridine rings is 1. The number of benzene rings is 1. The average Bonchev–Trinajstić information content (AvgIpc) is 3.42. The zero-order valence-electron chi connectivity index (χ0n) is 15.0. The van der Waals surface area contributed by atoms with E-state index in [1.165, 1.54) is 11.6 Å². The van der Waals surface area contributed by atoms with E-state index in [1.54, 1.807) is 24.3 Å². The van der Waals surface area contributed by atoms with Crippen molar-refractivity contribution in [2.24, 2.45) is 7.05 Å². The van der Waals surface area contributed by atoms with Crippen molar-refractivity contribution in [2.45, 2.75) is 24.9 Å². The van der Waals surface area contributed by atoms with Crippen LogP contribution in [0.3, 0.4) is 0 Å². The Bertz CT molecular complexity index is 1100. The molecule has 28 heavy (non-hydrogen) atoms. The van der Waals surface area contributed by atoms with Gasteiger partial charge < -0.3 is 10.3 Å². The minimum Gasteiger partial charge on any atom is -0.384 e. The van der Waals surface area contributed by atoms with E-state index in [9.17, 15) is 18.4 Å². The molecule has 5 nitrogen and oxygen atoms in total. The Morgan fingerprint density at radius 1 is 1.14 bits per heavy atom. The quantitative estimate of drug-likeness (QED) is 0.722. The van der Waals surface area contributed by atoms with E-state index in [0.29, 0.717) is 28.4 Å². The molecular weight excluding hydrogens is 367 g/mol. The van der Waals surface area contributed by atoms with E-state index in [0.717, 1.165) is 30.3 Å². The summed E-state index contributed by atoms with van der Waals surface area (Å²) in [5, 5.41) is 9.26. The number of imidazole rings is 1. The first kappa shape index (κ1) is 18.0. The zero-order valence-corrected chi connectivity index (χ0v) is 15.0. The summed E-state index contributed by atoms with van der Waals surface area (Å²) >= 11 is 0. The Balaban J connectivity index is 1.92. The van der Waals surface area contributed by atoms with Gasteiger partial charge in [-0.2, -0.15) is 18.4 Å². The van der Waals surface area contributed by atoms with Gasteiger partial charge in [0.05, 0.1) is 11.6 Å². The molecule has 3 aromatic rings. The molecule has 1 aliphatic rings. The molecule has 0 saturated heterocycles. The first-order valence-electron chi connectivity index (χ1n) is 8.69. The third-order valence-corrected chi connectivity index (χ3v) is 4.73. The van der Waals surface area contributed by atoms with Gasteiger partial charge in [0.1, 0.15) is 11.6 Å². The zero-order chi connectivity index (χ0) is 20.1. The summed E-state index contributed by atoms with van der Waals surface area (Å²) in [6.07, 6.45) is -1.52. The van der Waals surface area contributed by atoms with Gasteiger partial charge >= 0.3 is 6.18 Å². The monoisotopic (exact) mass is 383 g/mol. The molecule has 1 aromatic carbocycles. The average molecular weight is 383 g/mol. The summed E-state index contributed by atoms with van der Waals surface area (Å²) in [4.78, 5) is 8.15. The Labute approximate surface area is 159 Å². The summed E-state index contributed by atoms with van der Waals surface area (Å²) < 4.78 is 40.7. The van der Waals surface area contributed by atoms with Gasteiger partial charge in [-0.05, 0) is 48.2 Å². The van der Waals surface area contributed by atoms with Crippen LogP contribution in [-0.2, 0) is 13.2 Å². The van der Waals surface area contributed by atoms with Crippen molar-refractivity contribution < 1.29 is 13.2 Å². The first-order valence-corrected chi connectivity index (χ1v) is 8.69. The highest BCUT2D eigenvalue weighted by Gasteiger charge is 2.35. The molecule has 2 aromatic heterocycles.